The van der Waals surface area contributed by atoms with E-state index in [0.29, 0.717) is 24.3 Å². The van der Waals surface area contributed by atoms with Gasteiger partial charge in [0.05, 0.1) is 5.57 Å². The van der Waals surface area contributed by atoms with Crippen molar-refractivity contribution >= 4 is 39.1 Å². The molecule has 31 heavy (non-hydrogen) atoms. The van der Waals surface area contributed by atoms with Crippen LogP contribution in [0.4, 0.5) is 0 Å². The van der Waals surface area contributed by atoms with Gasteiger partial charge in [-0.05, 0) is 45.7 Å². The zero-order valence-electron chi connectivity index (χ0n) is 17.2. The molecule has 0 saturated heterocycles. The lowest BCUT2D eigenvalue weighted by Gasteiger charge is -2.13. The van der Waals surface area contributed by atoms with E-state index in [1.807, 2.05) is 54.6 Å². The topological polar surface area (TPSA) is 26.3 Å². The zero-order chi connectivity index (χ0) is 21.5. The SMILES string of the molecule is O=C(OCc1c2ccccc2cc2ccccc12)C(=C=CCCCl)Cc1ccccc1. The van der Waals surface area contributed by atoms with Gasteiger partial charge in [0.1, 0.15) is 6.61 Å². The number of halogens is 1. The molecule has 0 amide bonds. The number of carbonyl (C=O) groups excluding carboxylic acids is 1. The van der Waals surface area contributed by atoms with Gasteiger partial charge in [-0.15, -0.1) is 17.3 Å². The van der Waals surface area contributed by atoms with E-state index in [1.54, 1.807) is 6.08 Å². The molecule has 0 aliphatic rings. The summed E-state index contributed by atoms with van der Waals surface area (Å²) >= 11 is 5.78. The van der Waals surface area contributed by atoms with Crippen molar-refractivity contribution < 1.29 is 9.53 Å². The largest absolute Gasteiger partial charge is 0.457 e. The first kappa shape index (κ1) is 20.9. The Kier molecular flexibility index (Phi) is 6.84. The van der Waals surface area contributed by atoms with Crippen molar-refractivity contribution in [3.63, 3.8) is 0 Å². The number of hydrogen-bond donors (Lipinski definition) is 0. The molecule has 0 atom stereocenters. The van der Waals surface area contributed by atoms with Crippen LogP contribution in [0.5, 0.6) is 0 Å². The molecule has 4 rings (SSSR count). The number of carbonyl (C=O) groups is 1. The third kappa shape index (κ3) is 5.06. The summed E-state index contributed by atoms with van der Waals surface area (Å²) in [6, 6.07) is 28.4. The second kappa shape index (κ2) is 10.1. The van der Waals surface area contributed by atoms with Crippen LogP contribution in [-0.2, 0) is 22.6 Å². The van der Waals surface area contributed by atoms with Gasteiger partial charge < -0.3 is 4.74 Å². The molecule has 0 spiro atoms. The second-order valence-corrected chi connectivity index (χ2v) is 7.72. The normalized spacial score (nSPS) is 10.6. The van der Waals surface area contributed by atoms with Gasteiger partial charge in [-0.3, -0.25) is 0 Å². The fourth-order valence-electron chi connectivity index (χ4n) is 3.72. The Labute approximate surface area is 187 Å². The van der Waals surface area contributed by atoms with Gasteiger partial charge in [-0.2, -0.15) is 0 Å². The summed E-state index contributed by atoms with van der Waals surface area (Å²) in [6.45, 7) is 0.205. The van der Waals surface area contributed by atoms with Crippen LogP contribution < -0.4 is 0 Å². The third-order valence-electron chi connectivity index (χ3n) is 5.23. The van der Waals surface area contributed by atoms with E-state index in [1.165, 1.54) is 0 Å². The van der Waals surface area contributed by atoms with Gasteiger partial charge in [-0.1, -0.05) is 78.9 Å². The van der Waals surface area contributed by atoms with E-state index in [4.69, 9.17) is 16.3 Å². The predicted octanol–water partition coefficient (Wildman–Crippen LogP) is 6.99. The summed E-state index contributed by atoms with van der Waals surface area (Å²) in [7, 11) is 0. The van der Waals surface area contributed by atoms with E-state index in [2.05, 4.69) is 36.1 Å². The number of esters is 1. The van der Waals surface area contributed by atoms with Crippen LogP contribution in [0, 0.1) is 0 Å². The maximum Gasteiger partial charge on any atom is 0.342 e. The summed E-state index contributed by atoms with van der Waals surface area (Å²) in [5.41, 5.74) is 5.67. The molecule has 154 valence electrons. The molecule has 0 unspecified atom stereocenters. The maximum absolute atomic E-state index is 13.0. The minimum Gasteiger partial charge on any atom is -0.457 e. The minimum atomic E-state index is -0.355. The van der Waals surface area contributed by atoms with Crippen LogP contribution in [0.1, 0.15) is 17.5 Å². The Bertz CT molecular complexity index is 1210. The fourth-order valence-corrected chi connectivity index (χ4v) is 3.83. The summed E-state index contributed by atoms with van der Waals surface area (Å²) in [6.07, 6.45) is 2.93. The molecule has 0 fully saturated rings. The summed E-state index contributed by atoms with van der Waals surface area (Å²) in [5.74, 6) is 0.134. The highest BCUT2D eigenvalue weighted by Crippen LogP contribution is 2.29. The van der Waals surface area contributed by atoms with E-state index in [0.717, 1.165) is 32.7 Å². The lowest BCUT2D eigenvalue weighted by atomic mass is 9.97. The van der Waals surface area contributed by atoms with Crippen LogP contribution in [0.25, 0.3) is 21.5 Å². The molecule has 0 radical (unpaired) electrons. The number of hydrogen-bond acceptors (Lipinski definition) is 2. The molecule has 3 heteroatoms. The van der Waals surface area contributed by atoms with Crippen LogP contribution in [0.15, 0.2) is 102 Å². The number of rotatable bonds is 7. The number of alkyl halides is 1. The Morgan fingerprint density at radius 2 is 1.48 bits per heavy atom. The van der Waals surface area contributed by atoms with Crippen LogP contribution in [-0.4, -0.2) is 11.8 Å². The van der Waals surface area contributed by atoms with Crippen LogP contribution in [0.2, 0.25) is 0 Å². The average Bonchev–Trinajstić information content (AvgIpc) is 2.81. The third-order valence-corrected chi connectivity index (χ3v) is 5.45. The smallest absolute Gasteiger partial charge is 0.342 e. The quantitative estimate of drug-likeness (QED) is 0.105. The van der Waals surface area contributed by atoms with E-state index in [-0.39, 0.29) is 12.6 Å². The first-order valence-corrected chi connectivity index (χ1v) is 10.9. The summed E-state index contributed by atoms with van der Waals surface area (Å²) < 4.78 is 5.82. The van der Waals surface area contributed by atoms with Crippen molar-refractivity contribution in [2.75, 3.05) is 5.88 Å². The van der Waals surface area contributed by atoms with Crippen LogP contribution >= 0.6 is 11.6 Å². The van der Waals surface area contributed by atoms with Crippen LogP contribution in [0.3, 0.4) is 0 Å². The summed E-state index contributed by atoms with van der Waals surface area (Å²) in [4.78, 5) is 13.0. The van der Waals surface area contributed by atoms with Gasteiger partial charge in [0.15, 0.2) is 0 Å². The van der Waals surface area contributed by atoms with Gasteiger partial charge in [0, 0.05) is 17.9 Å². The Morgan fingerprint density at radius 3 is 2.13 bits per heavy atom. The standard InChI is InChI=1S/C28H23ClO2/c29-17-9-8-14-24(18-21-10-2-1-3-11-21)28(30)31-20-27-25-15-6-4-12-22(25)19-23-13-5-7-16-26(23)27/h1-8,10-13,15-16,19H,9,17-18,20H2. The molecule has 0 saturated carbocycles. The predicted molar refractivity (Wildman–Crippen MR) is 128 cm³/mol. The molecule has 0 heterocycles. The molecule has 4 aromatic carbocycles. The number of ether oxygens (including phenoxy) is 1. The van der Waals surface area contributed by atoms with Crippen molar-refractivity contribution in [1.82, 2.24) is 0 Å². The van der Waals surface area contributed by atoms with E-state index < -0.39 is 0 Å². The number of benzene rings is 4. The fraction of sp³-hybridized carbons (Fsp3) is 0.143. The van der Waals surface area contributed by atoms with Crippen molar-refractivity contribution in [3.8, 4) is 0 Å². The highest BCUT2D eigenvalue weighted by atomic mass is 35.5. The average molecular weight is 427 g/mol. The van der Waals surface area contributed by atoms with Crippen molar-refractivity contribution in [2.24, 2.45) is 0 Å². The van der Waals surface area contributed by atoms with Gasteiger partial charge >= 0.3 is 5.97 Å². The molecule has 0 aromatic heterocycles. The highest BCUT2D eigenvalue weighted by Gasteiger charge is 2.14. The minimum absolute atomic E-state index is 0.205. The van der Waals surface area contributed by atoms with Gasteiger partial charge in [-0.25, -0.2) is 4.79 Å². The van der Waals surface area contributed by atoms with E-state index >= 15 is 0 Å². The van der Waals surface area contributed by atoms with Gasteiger partial charge in [0.2, 0.25) is 0 Å². The molecule has 2 nitrogen and oxygen atoms in total. The second-order valence-electron chi connectivity index (χ2n) is 7.34. The molecular weight excluding hydrogens is 404 g/mol. The van der Waals surface area contributed by atoms with Gasteiger partial charge in [0.25, 0.3) is 0 Å². The highest BCUT2D eigenvalue weighted by molar-refractivity contribution is 6.17. The molecule has 0 aliphatic heterocycles. The molecule has 0 N–H and O–H groups in total. The molecule has 0 aliphatic carbocycles. The molecule has 0 bridgehead atoms. The zero-order valence-corrected chi connectivity index (χ0v) is 17.9. The Morgan fingerprint density at radius 1 is 0.871 bits per heavy atom. The maximum atomic E-state index is 13.0. The molecule has 4 aromatic rings. The number of fused-ring (bicyclic) bond motifs is 2. The summed E-state index contributed by atoms with van der Waals surface area (Å²) in [5, 5.41) is 4.46. The van der Waals surface area contributed by atoms with E-state index in [9.17, 15) is 4.79 Å². The van der Waals surface area contributed by atoms with Crippen molar-refractivity contribution in [3.05, 3.63) is 113 Å². The monoisotopic (exact) mass is 426 g/mol. The lowest BCUT2D eigenvalue weighted by Crippen LogP contribution is -2.10. The Hall–Kier alpha value is -3.32. The molecular formula is C28H23ClO2. The van der Waals surface area contributed by atoms with Crippen molar-refractivity contribution in [2.45, 2.75) is 19.4 Å². The first-order valence-electron chi connectivity index (χ1n) is 10.4. The lowest BCUT2D eigenvalue weighted by molar-refractivity contribution is -0.140. The van der Waals surface area contributed by atoms with Crippen molar-refractivity contribution in [1.29, 1.82) is 0 Å². The Balaban J connectivity index is 1.64. The first-order chi connectivity index (χ1) is 15.3.